The zero-order chi connectivity index (χ0) is 13.8. The van der Waals surface area contributed by atoms with Gasteiger partial charge in [0.1, 0.15) is 5.75 Å². The minimum Gasteiger partial charge on any atom is -0.490 e. The van der Waals surface area contributed by atoms with Crippen LogP contribution in [-0.4, -0.2) is 26.3 Å². The summed E-state index contributed by atoms with van der Waals surface area (Å²) in [5.41, 5.74) is -0.159. The summed E-state index contributed by atoms with van der Waals surface area (Å²) in [7, 11) is 4.06. The molecule has 0 spiro atoms. The maximum absolute atomic E-state index is 10.7. The van der Waals surface area contributed by atoms with E-state index in [4.69, 9.17) is 30.1 Å². The first-order valence-electron chi connectivity index (χ1n) is 4.69. The molecule has 0 aliphatic carbocycles. The zero-order valence-electron chi connectivity index (χ0n) is 9.98. The topological polar surface area (TPSA) is 80.1 Å². The number of ether oxygens (including phenoxy) is 1. The lowest BCUT2D eigenvalue weighted by Crippen LogP contribution is -1.98. The van der Waals surface area contributed by atoms with Gasteiger partial charge in [-0.1, -0.05) is 0 Å². The quantitative estimate of drug-likeness (QED) is 0.453. The standard InChI is InChI=1S/C9H12NO6PS/c1-13-9-6-7(4-5-8(9)10(11)12)16-17(18,14-2)15-3/h4-6H,1-3H3. The van der Waals surface area contributed by atoms with E-state index >= 15 is 0 Å². The average molecular weight is 293 g/mol. The number of nitro groups is 1. The molecule has 0 bridgehead atoms. The van der Waals surface area contributed by atoms with E-state index < -0.39 is 11.6 Å². The molecule has 9 heteroatoms. The van der Waals surface area contributed by atoms with Crippen molar-refractivity contribution in [2.45, 2.75) is 0 Å². The number of methoxy groups -OCH3 is 1. The molecule has 0 atom stereocenters. The van der Waals surface area contributed by atoms with Gasteiger partial charge in [0, 0.05) is 38.2 Å². The van der Waals surface area contributed by atoms with Crippen molar-refractivity contribution in [3.8, 4) is 11.5 Å². The van der Waals surface area contributed by atoms with Crippen molar-refractivity contribution in [1.29, 1.82) is 0 Å². The Labute approximate surface area is 109 Å². The van der Waals surface area contributed by atoms with Gasteiger partial charge >= 0.3 is 12.4 Å². The van der Waals surface area contributed by atoms with Crippen LogP contribution < -0.4 is 9.26 Å². The molecular weight excluding hydrogens is 281 g/mol. The van der Waals surface area contributed by atoms with Crippen LogP contribution in [0.1, 0.15) is 0 Å². The van der Waals surface area contributed by atoms with Crippen molar-refractivity contribution in [1.82, 2.24) is 0 Å². The molecule has 0 aliphatic heterocycles. The molecule has 1 rings (SSSR count). The molecule has 100 valence electrons. The predicted octanol–water partition coefficient (Wildman–Crippen LogP) is 2.50. The highest BCUT2D eigenvalue weighted by molar-refractivity contribution is 8.07. The fourth-order valence-corrected chi connectivity index (χ4v) is 2.07. The molecule has 7 nitrogen and oxygen atoms in total. The number of rotatable bonds is 6. The van der Waals surface area contributed by atoms with Gasteiger partial charge in [0.15, 0.2) is 0 Å². The van der Waals surface area contributed by atoms with Crippen molar-refractivity contribution >= 4 is 24.2 Å². The molecule has 1 aromatic carbocycles. The highest BCUT2D eigenvalue weighted by atomic mass is 32.5. The Morgan fingerprint density at radius 3 is 2.33 bits per heavy atom. The second-order valence-corrected chi connectivity index (χ2v) is 6.14. The van der Waals surface area contributed by atoms with Crippen molar-refractivity contribution < 1.29 is 23.2 Å². The van der Waals surface area contributed by atoms with Crippen LogP contribution in [0.4, 0.5) is 5.69 Å². The summed E-state index contributed by atoms with van der Waals surface area (Å²) in [6.45, 7) is -2.86. The van der Waals surface area contributed by atoms with Crippen LogP contribution >= 0.6 is 6.72 Å². The molecular formula is C9H12NO6PS. The average Bonchev–Trinajstić information content (AvgIpc) is 2.38. The Kier molecular flexibility index (Phi) is 5.03. The number of nitro benzene ring substituents is 1. The van der Waals surface area contributed by atoms with Crippen molar-refractivity contribution in [3.05, 3.63) is 28.3 Å². The van der Waals surface area contributed by atoms with E-state index in [1.807, 2.05) is 0 Å². The van der Waals surface area contributed by atoms with Crippen molar-refractivity contribution in [2.24, 2.45) is 0 Å². The first-order chi connectivity index (χ1) is 8.45. The van der Waals surface area contributed by atoms with Gasteiger partial charge in [0.25, 0.3) is 0 Å². The Morgan fingerprint density at radius 2 is 1.89 bits per heavy atom. The molecule has 0 aliphatic rings. The number of nitrogens with zero attached hydrogens (tertiary/aromatic N) is 1. The minimum atomic E-state index is -2.86. The highest BCUT2D eigenvalue weighted by Gasteiger charge is 2.21. The van der Waals surface area contributed by atoms with E-state index in [2.05, 4.69) is 0 Å². The van der Waals surface area contributed by atoms with Gasteiger partial charge in [-0.2, -0.15) is 0 Å². The summed E-state index contributed by atoms with van der Waals surface area (Å²) in [6, 6.07) is 4.02. The first-order valence-corrected chi connectivity index (χ1v) is 7.25. The summed E-state index contributed by atoms with van der Waals surface area (Å²) in [5.74, 6) is 0.357. The second-order valence-electron chi connectivity index (χ2n) is 2.99. The van der Waals surface area contributed by atoms with E-state index in [9.17, 15) is 10.1 Å². The van der Waals surface area contributed by atoms with Crippen LogP contribution in [0.2, 0.25) is 0 Å². The molecule has 0 heterocycles. The highest BCUT2D eigenvalue weighted by Crippen LogP contribution is 2.49. The summed E-state index contributed by atoms with van der Waals surface area (Å²) in [4.78, 5) is 10.2. The van der Waals surface area contributed by atoms with Crippen LogP contribution in [-0.2, 0) is 20.9 Å². The Bertz CT molecular complexity index is 486. The third-order valence-electron chi connectivity index (χ3n) is 2.01. The zero-order valence-corrected chi connectivity index (χ0v) is 11.7. The van der Waals surface area contributed by atoms with Crippen LogP contribution in [0.25, 0.3) is 0 Å². The van der Waals surface area contributed by atoms with Gasteiger partial charge < -0.3 is 18.3 Å². The molecule has 0 saturated heterocycles. The largest absolute Gasteiger partial charge is 0.490 e. The summed E-state index contributed by atoms with van der Waals surface area (Å²) in [6.07, 6.45) is 0. The molecule has 0 amide bonds. The van der Waals surface area contributed by atoms with Crippen LogP contribution in [0.15, 0.2) is 18.2 Å². The minimum absolute atomic E-state index is 0.0752. The van der Waals surface area contributed by atoms with Crippen molar-refractivity contribution in [2.75, 3.05) is 21.3 Å². The monoisotopic (exact) mass is 293 g/mol. The summed E-state index contributed by atoms with van der Waals surface area (Å²) >= 11 is 5.02. The smallest absolute Gasteiger partial charge is 0.380 e. The van der Waals surface area contributed by atoms with Crippen LogP contribution in [0.5, 0.6) is 11.5 Å². The van der Waals surface area contributed by atoms with E-state index in [1.54, 1.807) is 0 Å². The van der Waals surface area contributed by atoms with Crippen molar-refractivity contribution in [3.63, 3.8) is 0 Å². The van der Waals surface area contributed by atoms with Gasteiger partial charge in [-0.15, -0.1) is 0 Å². The van der Waals surface area contributed by atoms with E-state index in [0.29, 0.717) is 0 Å². The van der Waals surface area contributed by atoms with E-state index in [1.165, 1.54) is 39.5 Å². The lowest BCUT2D eigenvalue weighted by Gasteiger charge is -2.18. The second kappa shape index (κ2) is 6.10. The molecule has 18 heavy (non-hydrogen) atoms. The fraction of sp³-hybridized carbons (Fsp3) is 0.333. The Balaban J connectivity index is 3.06. The maximum atomic E-state index is 10.7. The predicted molar refractivity (Wildman–Crippen MR) is 68.6 cm³/mol. The van der Waals surface area contributed by atoms with E-state index in [0.717, 1.165) is 0 Å². The number of benzene rings is 1. The van der Waals surface area contributed by atoms with Gasteiger partial charge in [0.05, 0.1) is 12.0 Å². The van der Waals surface area contributed by atoms with Crippen LogP contribution in [0.3, 0.4) is 0 Å². The fourth-order valence-electron chi connectivity index (χ4n) is 1.14. The lowest BCUT2D eigenvalue weighted by atomic mass is 10.3. The first kappa shape index (κ1) is 14.8. The molecule has 0 fully saturated rings. The molecule has 0 radical (unpaired) electrons. The Morgan fingerprint density at radius 1 is 1.28 bits per heavy atom. The van der Waals surface area contributed by atoms with Gasteiger partial charge in [-0.05, 0) is 6.07 Å². The normalized spacial score (nSPS) is 11.1. The maximum Gasteiger partial charge on any atom is 0.380 e. The SMILES string of the molecule is COc1cc(OP(=S)(OC)OC)ccc1[N+](=O)[O-]. The van der Waals surface area contributed by atoms with Gasteiger partial charge in [-0.25, -0.2) is 0 Å². The number of hydrogen-bond acceptors (Lipinski definition) is 7. The third kappa shape index (κ3) is 3.39. The van der Waals surface area contributed by atoms with E-state index in [-0.39, 0.29) is 17.2 Å². The molecule has 1 aromatic rings. The van der Waals surface area contributed by atoms with Gasteiger partial charge in [-0.3, -0.25) is 10.1 Å². The molecule has 0 unspecified atom stereocenters. The Hall–Kier alpha value is -1.21. The van der Waals surface area contributed by atoms with Gasteiger partial charge in [0.2, 0.25) is 5.75 Å². The number of hydrogen-bond donors (Lipinski definition) is 0. The van der Waals surface area contributed by atoms with Crippen LogP contribution in [0, 0.1) is 10.1 Å². The summed E-state index contributed by atoms with van der Waals surface area (Å²) < 4.78 is 20.2. The molecule has 0 saturated carbocycles. The third-order valence-corrected chi connectivity index (χ3v) is 4.46. The molecule has 0 aromatic heterocycles. The lowest BCUT2D eigenvalue weighted by molar-refractivity contribution is -0.385. The summed E-state index contributed by atoms with van der Waals surface area (Å²) in [5, 5.41) is 10.7. The molecule has 0 N–H and O–H groups in total.